The van der Waals surface area contributed by atoms with Crippen molar-refractivity contribution in [1.29, 1.82) is 0 Å². The van der Waals surface area contributed by atoms with Gasteiger partial charge >= 0.3 is 0 Å². The van der Waals surface area contributed by atoms with Crippen LogP contribution in [0.15, 0.2) is 18.2 Å². The average molecular weight is 255 g/mol. The number of rotatable bonds is 4. The molecule has 1 aromatic rings. The molecule has 0 bridgehead atoms. The molecule has 2 nitrogen and oxygen atoms in total. The Labute approximate surface area is 106 Å². The van der Waals surface area contributed by atoms with Crippen LogP contribution in [-0.4, -0.2) is 19.3 Å². The van der Waals surface area contributed by atoms with Gasteiger partial charge in [-0.05, 0) is 26.0 Å². The Morgan fingerprint density at radius 2 is 2.22 bits per heavy atom. The lowest BCUT2D eigenvalue weighted by atomic mass is 9.88. The first kappa shape index (κ1) is 13.4. The summed E-state index contributed by atoms with van der Waals surface area (Å²) in [4.78, 5) is 0. The highest BCUT2D eigenvalue weighted by Crippen LogP contribution is 2.34. The van der Waals surface area contributed by atoms with E-state index in [0.717, 1.165) is 12.5 Å². The number of nitrogens with one attached hydrogen (secondary N) is 1. The molecule has 0 aromatic heterocycles. The molecule has 0 aliphatic carbocycles. The van der Waals surface area contributed by atoms with Crippen LogP contribution < -0.4 is 5.32 Å². The Hall–Kier alpha value is -1.00. The normalized spacial score (nSPS) is 25.3. The van der Waals surface area contributed by atoms with Gasteiger partial charge in [-0.3, -0.25) is 0 Å². The highest BCUT2D eigenvalue weighted by atomic mass is 19.2. The maximum Gasteiger partial charge on any atom is 0.163 e. The summed E-state index contributed by atoms with van der Waals surface area (Å²) >= 11 is 0. The predicted molar refractivity (Wildman–Crippen MR) is 66.3 cm³/mol. The molecule has 1 saturated heterocycles. The van der Waals surface area contributed by atoms with Crippen molar-refractivity contribution in [2.75, 3.05) is 13.2 Å². The van der Waals surface area contributed by atoms with Gasteiger partial charge < -0.3 is 10.1 Å². The summed E-state index contributed by atoms with van der Waals surface area (Å²) in [5.41, 5.74) is 0.402. The Bertz CT molecular complexity index is 411. The smallest absolute Gasteiger partial charge is 0.163 e. The van der Waals surface area contributed by atoms with E-state index in [1.807, 2.05) is 13.8 Å². The van der Waals surface area contributed by atoms with Crippen LogP contribution in [0.3, 0.4) is 0 Å². The number of halogens is 2. The van der Waals surface area contributed by atoms with Gasteiger partial charge in [0, 0.05) is 24.1 Å². The molecule has 1 fully saturated rings. The van der Waals surface area contributed by atoms with E-state index in [1.54, 1.807) is 12.1 Å². The Morgan fingerprint density at radius 1 is 1.44 bits per heavy atom. The van der Waals surface area contributed by atoms with E-state index in [0.29, 0.717) is 18.7 Å². The molecule has 0 saturated carbocycles. The number of ether oxygens (including phenoxy) is 1. The van der Waals surface area contributed by atoms with Crippen LogP contribution in [-0.2, 0) is 4.74 Å². The van der Waals surface area contributed by atoms with Crippen molar-refractivity contribution in [3.8, 4) is 0 Å². The first-order chi connectivity index (χ1) is 8.65. The van der Waals surface area contributed by atoms with Crippen molar-refractivity contribution in [2.24, 2.45) is 5.92 Å². The molecule has 3 atom stereocenters. The monoisotopic (exact) mass is 255 g/mol. The standard InChI is InChI=1S/C14H19F2NO/c1-3-17-14(10-7-8-18-9(10)2)11-5-4-6-12(15)13(11)16/h4-6,9-10,14,17H,3,7-8H2,1-2H3. The van der Waals surface area contributed by atoms with Crippen molar-refractivity contribution in [2.45, 2.75) is 32.4 Å². The summed E-state index contributed by atoms with van der Waals surface area (Å²) in [5.74, 6) is -1.36. The third-order valence-electron chi connectivity index (χ3n) is 3.60. The van der Waals surface area contributed by atoms with Gasteiger partial charge in [0.1, 0.15) is 0 Å². The van der Waals surface area contributed by atoms with Crippen LogP contribution in [0.1, 0.15) is 31.9 Å². The molecule has 1 aromatic carbocycles. The lowest BCUT2D eigenvalue weighted by molar-refractivity contribution is 0.0950. The first-order valence-corrected chi connectivity index (χ1v) is 6.44. The summed E-state index contributed by atoms with van der Waals surface area (Å²) in [7, 11) is 0. The zero-order chi connectivity index (χ0) is 13.1. The molecule has 0 amide bonds. The fraction of sp³-hybridized carbons (Fsp3) is 0.571. The van der Waals surface area contributed by atoms with Crippen LogP contribution in [0.25, 0.3) is 0 Å². The zero-order valence-corrected chi connectivity index (χ0v) is 10.7. The highest BCUT2D eigenvalue weighted by molar-refractivity contribution is 5.23. The third kappa shape index (κ3) is 2.54. The van der Waals surface area contributed by atoms with Gasteiger partial charge in [0.05, 0.1) is 6.10 Å². The molecule has 0 spiro atoms. The van der Waals surface area contributed by atoms with Crippen LogP contribution in [0.2, 0.25) is 0 Å². The van der Waals surface area contributed by atoms with Crippen molar-refractivity contribution in [1.82, 2.24) is 5.32 Å². The topological polar surface area (TPSA) is 21.3 Å². The minimum Gasteiger partial charge on any atom is -0.378 e. The van der Waals surface area contributed by atoms with E-state index in [2.05, 4.69) is 5.32 Å². The van der Waals surface area contributed by atoms with E-state index in [1.165, 1.54) is 0 Å². The summed E-state index contributed by atoms with van der Waals surface area (Å²) < 4.78 is 32.8. The molecule has 1 N–H and O–H groups in total. The number of hydrogen-bond donors (Lipinski definition) is 1. The Kier molecular flexibility index (Phi) is 4.30. The number of benzene rings is 1. The van der Waals surface area contributed by atoms with Gasteiger partial charge in [-0.25, -0.2) is 8.78 Å². The van der Waals surface area contributed by atoms with Crippen LogP contribution in [0.4, 0.5) is 8.78 Å². The maximum absolute atomic E-state index is 13.9. The van der Waals surface area contributed by atoms with Crippen molar-refractivity contribution >= 4 is 0 Å². The fourth-order valence-electron chi connectivity index (χ4n) is 2.66. The predicted octanol–water partition coefficient (Wildman–Crippen LogP) is 3.04. The lowest BCUT2D eigenvalue weighted by Crippen LogP contribution is -2.32. The molecular weight excluding hydrogens is 236 g/mol. The van der Waals surface area contributed by atoms with Gasteiger partial charge in [-0.2, -0.15) is 0 Å². The molecule has 1 aliphatic heterocycles. The minimum absolute atomic E-state index is 0.0664. The largest absolute Gasteiger partial charge is 0.378 e. The molecule has 1 heterocycles. The highest BCUT2D eigenvalue weighted by Gasteiger charge is 2.34. The van der Waals surface area contributed by atoms with Crippen molar-refractivity contribution in [3.63, 3.8) is 0 Å². The Morgan fingerprint density at radius 3 is 2.83 bits per heavy atom. The summed E-state index contributed by atoms with van der Waals surface area (Å²) in [6.45, 7) is 5.35. The second-order valence-corrected chi connectivity index (χ2v) is 4.71. The van der Waals surface area contributed by atoms with Crippen LogP contribution in [0, 0.1) is 17.6 Å². The van der Waals surface area contributed by atoms with E-state index >= 15 is 0 Å². The second kappa shape index (κ2) is 5.76. The SMILES string of the molecule is CCNC(c1cccc(F)c1F)C1CCOC1C. The van der Waals surface area contributed by atoms with E-state index < -0.39 is 11.6 Å². The van der Waals surface area contributed by atoms with Crippen molar-refractivity contribution < 1.29 is 13.5 Å². The van der Waals surface area contributed by atoms with E-state index in [4.69, 9.17) is 4.74 Å². The summed E-state index contributed by atoms with van der Waals surface area (Å²) in [6.07, 6.45) is 0.936. The molecule has 18 heavy (non-hydrogen) atoms. The van der Waals surface area contributed by atoms with Crippen LogP contribution >= 0.6 is 0 Å². The second-order valence-electron chi connectivity index (χ2n) is 4.71. The van der Waals surface area contributed by atoms with Gasteiger partial charge in [0.2, 0.25) is 0 Å². The molecule has 0 radical (unpaired) electrons. The van der Waals surface area contributed by atoms with Gasteiger partial charge in [0.25, 0.3) is 0 Å². The zero-order valence-electron chi connectivity index (χ0n) is 10.7. The van der Waals surface area contributed by atoms with E-state index in [9.17, 15) is 8.78 Å². The van der Waals surface area contributed by atoms with Crippen LogP contribution in [0.5, 0.6) is 0 Å². The summed E-state index contributed by atoms with van der Waals surface area (Å²) in [5, 5.41) is 3.25. The molecule has 4 heteroatoms. The molecule has 1 aliphatic rings. The lowest BCUT2D eigenvalue weighted by Gasteiger charge is -2.27. The van der Waals surface area contributed by atoms with Gasteiger partial charge in [-0.15, -0.1) is 0 Å². The molecule has 100 valence electrons. The fourth-order valence-corrected chi connectivity index (χ4v) is 2.66. The quantitative estimate of drug-likeness (QED) is 0.893. The Balaban J connectivity index is 2.31. The molecule has 3 unspecified atom stereocenters. The van der Waals surface area contributed by atoms with E-state index in [-0.39, 0.29) is 18.1 Å². The third-order valence-corrected chi connectivity index (χ3v) is 3.60. The minimum atomic E-state index is -0.790. The maximum atomic E-state index is 13.9. The number of hydrogen-bond acceptors (Lipinski definition) is 2. The molecular formula is C14H19F2NO. The average Bonchev–Trinajstić information content (AvgIpc) is 2.76. The summed E-state index contributed by atoms with van der Waals surface area (Å²) in [6, 6.07) is 4.16. The molecule has 2 rings (SSSR count). The van der Waals surface area contributed by atoms with Crippen molar-refractivity contribution in [3.05, 3.63) is 35.4 Å². The first-order valence-electron chi connectivity index (χ1n) is 6.44. The van der Waals surface area contributed by atoms with Gasteiger partial charge in [-0.1, -0.05) is 19.1 Å². The van der Waals surface area contributed by atoms with Gasteiger partial charge in [0.15, 0.2) is 11.6 Å².